The highest BCUT2D eigenvalue weighted by Gasteiger charge is 2.01. The van der Waals surface area contributed by atoms with E-state index in [9.17, 15) is 4.79 Å². The molecule has 1 rings (SSSR count). The molecule has 3 N–H and O–H groups in total. The van der Waals surface area contributed by atoms with Crippen LogP contribution in [0.15, 0.2) is 24.3 Å². The molecule has 0 aliphatic heterocycles. The lowest BCUT2D eigenvalue weighted by molar-refractivity contribution is -0.125. The summed E-state index contributed by atoms with van der Waals surface area (Å²) in [4.78, 5) is 11.8. The average Bonchev–Trinajstić information content (AvgIpc) is 2.37. The Morgan fingerprint density at radius 3 is 2.61 bits per heavy atom. The first kappa shape index (κ1) is 14.6. The molecule has 18 heavy (non-hydrogen) atoms. The molecule has 0 radical (unpaired) electrons. The van der Waals surface area contributed by atoms with Crippen LogP contribution in [0.25, 0.3) is 0 Å². The van der Waals surface area contributed by atoms with Crippen LogP contribution in [-0.2, 0) is 16.1 Å². The number of hydrogen-bond donors (Lipinski definition) is 2. The second-order valence-corrected chi connectivity index (χ2v) is 4.33. The molecule has 1 amide bonds. The quantitative estimate of drug-likeness (QED) is 0.578. The number of carbonyl (C=O) groups excluding carboxylic acids is 1. The van der Waals surface area contributed by atoms with Crippen LogP contribution in [0.1, 0.15) is 24.5 Å². The average molecular weight is 266 g/mol. The second-order valence-electron chi connectivity index (χ2n) is 3.89. The number of ether oxygens (including phenoxy) is 1. The Kier molecular flexibility index (Phi) is 6.32. The molecular weight excluding hydrogens is 248 g/mol. The summed E-state index contributed by atoms with van der Waals surface area (Å²) in [6.45, 7) is 3.20. The highest BCUT2D eigenvalue weighted by Crippen LogP contribution is 2.04. The molecule has 98 valence electrons. The van der Waals surface area contributed by atoms with Crippen LogP contribution in [-0.4, -0.2) is 24.1 Å². The number of thiocarbonyl (C=S) groups is 1. The molecule has 0 atom stereocenters. The fourth-order valence-electron chi connectivity index (χ4n) is 1.35. The Balaban J connectivity index is 2.34. The van der Waals surface area contributed by atoms with Crippen LogP contribution in [0.4, 0.5) is 0 Å². The Morgan fingerprint density at radius 2 is 2.06 bits per heavy atom. The van der Waals surface area contributed by atoms with E-state index >= 15 is 0 Å². The third-order valence-electron chi connectivity index (χ3n) is 2.31. The molecule has 0 heterocycles. The maximum absolute atomic E-state index is 11.4. The van der Waals surface area contributed by atoms with Crippen molar-refractivity contribution >= 4 is 23.1 Å². The van der Waals surface area contributed by atoms with Crippen molar-refractivity contribution in [3.63, 3.8) is 0 Å². The topological polar surface area (TPSA) is 64.3 Å². The van der Waals surface area contributed by atoms with Crippen LogP contribution < -0.4 is 11.1 Å². The molecule has 1 aromatic carbocycles. The number of amides is 1. The zero-order chi connectivity index (χ0) is 13.4. The van der Waals surface area contributed by atoms with Gasteiger partial charge in [0.1, 0.15) is 11.6 Å². The zero-order valence-electron chi connectivity index (χ0n) is 10.4. The maximum Gasteiger partial charge on any atom is 0.246 e. The Hall–Kier alpha value is -1.46. The van der Waals surface area contributed by atoms with Gasteiger partial charge in [0.15, 0.2) is 0 Å². The standard InChI is InChI=1S/C13H18N2O2S/c1-2-7-17-9-12(16)15-8-10-3-5-11(6-4-10)13(14)18/h3-6H,2,7-9H2,1H3,(H2,14,18)(H,15,16). The lowest BCUT2D eigenvalue weighted by Gasteiger charge is -2.06. The van der Waals surface area contributed by atoms with Gasteiger partial charge in [-0.05, 0) is 12.0 Å². The van der Waals surface area contributed by atoms with Crippen LogP contribution >= 0.6 is 12.2 Å². The summed E-state index contributed by atoms with van der Waals surface area (Å²) in [6.07, 6.45) is 0.910. The third kappa shape index (κ3) is 5.25. The molecule has 0 saturated heterocycles. The zero-order valence-corrected chi connectivity index (χ0v) is 11.3. The molecule has 0 aliphatic rings. The first-order chi connectivity index (χ1) is 8.63. The van der Waals surface area contributed by atoms with Gasteiger partial charge < -0.3 is 15.8 Å². The minimum atomic E-state index is -0.109. The minimum absolute atomic E-state index is 0.109. The molecule has 0 spiro atoms. The number of nitrogens with two attached hydrogens (primary N) is 1. The molecule has 0 bridgehead atoms. The fourth-order valence-corrected chi connectivity index (χ4v) is 1.48. The van der Waals surface area contributed by atoms with Gasteiger partial charge >= 0.3 is 0 Å². The molecule has 0 aliphatic carbocycles. The smallest absolute Gasteiger partial charge is 0.246 e. The van der Waals surface area contributed by atoms with Gasteiger partial charge in [-0.2, -0.15) is 0 Å². The number of nitrogens with one attached hydrogen (secondary N) is 1. The monoisotopic (exact) mass is 266 g/mol. The van der Waals surface area contributed by atoms with Gasteiger partial charge in [-0.1, -0.05) is 43.4 Å². The van der Waals surface area contributed by atoms with Crippen molar-refractivity contribution in [2.24, 2.45) is 5.73 Å². The number of carbonyl (C=O) groups is 1. The van der Waals surface area contributed by atoms with Crippen molar-refractivity contribution in [3.8, 4) is 0 Å². The van der Waals surface area contributed by atoms with E-state index in [1.165, 1.54) is 0 Å². The fraction of sp³-hybridized carbons (Fsp3) is 0.385. The van der Waals surface area contributed by atoms with Gasteiger partial charge in [0.2, 0.25) is 5.91 Å². The van der Waals surface area contributed by atoms with E-state index in [2.05, 4.69) is 5.32 Å². The predicted octanol–water partition coefficient (Wildman–Crippen LogP) is 1.36. The minimum Gasteiger partial charge on any atom is -0.389 e. The highest BCUT2D eigenvalue weighted by molar-refractivity contribution is 7.80. The van der Waals surface area contributed by atoms with Crippen LogP contribution in [0.5, 0.6) is 0 Å². The van der Waals surface area contributed by atoms with Crippen molar-refractivity contribution in [2.75, 3.05) is 13.2 Å². The molecule has 0 aromatic heterocycles. The van der Waals surface area contributed by atoms with Crippen molar-refractivity contribution in [1.82, 2.24) is 5.32 Å². The van der Waals surface area contributed by atoms with E-state index < -0.39 is 0 Å². The van der Waals surface area contributed by atoms with E-state index in [1.54, 1.807) is 0 Å². The predicted molar refractivity (Wildman–Crippen MR) is 75.3 cm³/mol. The molecule has 0 fully saturated rings. The lowest BCUT2D eigenvalue weighted by atomic mass is 10.1. The molecule has 0 unspecified atom stereocenters. The molecule has 1 aromatic rings. The third-order valence-corrected chi connectivity index (χ3v) is 2.55. The lowest BCUT2D eigenvalue weighted by Crippen LogP contribution is -2.27. The molecule has 4 nitrogen and oxygen atoms in total. The first-order valence-corrected chi connectivity index (χ1v) is 6.27. The van der Waals surface area contributed by atoms with Gasteiger partial charge in [-0.3, -0.25) is 4.79 Å². The van der Waals surface area contributed by atoms with Crippen molar-refractivity contribution in [1.29, 1.82) is 0 Å². The summed E-state index contributed by atoms with van der Waals surface area (Å²) in [5.41, 5.74) is 7.32. The van der Waals surface area contributed by atoms with Gasteiger partial charge in [0.05, 0.1) is 0 Å². The van der Waals surface area contributed by atoms with Crippen molar-refractivity contribution in [2.45, 2.75) is 19.9 Å². The summed E-state index contributed by atoms with van der Waals surface area (Å²) in [5.74, 6) is -0.109. The van der Waals surface area contributed by atoms with Gasteiger partial charge in [-0.25, -0.2) is 0 Å². The summed E-state index contributed by atoms with van der Waals surface area (Å²) in [7, 11) is 0. The van der Waals surface area contributed by atoms with E-state index in [4.69, 9.17) is 22.7 Å². The molecular formula is C13H18N2O2S. The molecule has 0 saturated carbocycles. The Labute approximate surface area is 113 Å². The number of hydrogen-bond acceptors (Lipinski definition) is 3. The van der Waals surface area contributed by atoms with Gasteiger partial charge in [0, 0.05) is 18.7 Å². The SMILES string of the molecule is CCCOCC(=O)NCc1ccc(C(N)=S)cc1. The Bertz CT molecular complexity index is 404. The largest absolute Gasteiger partial charge is 0.389 e. The molecule has 5 heteroatoms. The maximum atomic E-state index is 11.4. The van der Waals surface area contributed by atoms with Crippen molar-refractivity contribution in [3.05, 3.63) is 35.4 Å². The van der Waals surface area contributed by atoms with Crippen LogP contribution in [0.2, 0.25) is 0 Å². The van der Waals surface area contributed by atoms with Gasteiger partial charge in [-0.15, -0.1) is 0 Å². The summed E-state index contributed by atoms with van der Waals surface area (Å²) in [5, 5.41) is 2.78. The van der Waals surface area contributed by atoms with Gasteiger partial charge in [0.25, 0.3) is 0 Å². The van der Waals surface area contributed by atoms with Crippen LogP contribution in [0, 0.1) is 0 Å². The van der Waals surface area contributed by atoms with E-state index in [0.717, 1.165) is 17.5 Å². The summed E-state index contributed by atoms with van der Waals surface area (Å²) >= 11 is 4.86. The van der Waals surface area contributed by atoms with Crippen LogP contribution in [0.3, 0.4) is 0 Å². The normalized spacial score (nSPS) is 10.1. The second kappa shape index (κ2) is 7.79. The first-order valence-electron chi connectivity index (χ1n) is 5.86. The number of benzene rings is 1. The summed E-state index contributed by atoms with van der Waals surface area (Å²) < 4.78 is 5.14. The highest BCUT2D eigenvalue weighted by atomic mass is 32.1. The summed E-state index contributed by atoms with van der Waals surface area (Å²) in [6, 6.07) is 7.47. The van der Waals surface area contributed by atoms with E-state index in [1.807, 2.05) is 31.2 Å². The number of rotatable bonds is 7. The van der Waals surface area contributed by atoms with E-state index in [-0.39, 0.29) is 12.5 Å². The van der Waals surface area contributed by atoms with Crippen molar-refractivity contribution < 1.29 is 9.53 Å². The van der Waals surface area contributed by atoms with E-state index in [0.29, 0.717) is 18.1 Å². The Morgan fingerprint density at radius 1 is 1.39 bits per heavy atom.